The molecule has 2 unspecified atom stereocenters. The van der Waals surface area contributed by atoms with Gasteiger partial charge in [-0.25, -0.2) is 0 Å². The molecule has 0 bridgehead atoms. The maximum Gasteiger partial charge on any atom is 0.254 e. The lowest BCUT2D eigenvalue weighted by molar-refractivity contribution is 0.0572. The van der Waals surface area contributed by atoms with E-state index in [-0.39, 0.29) is 11.9 Å². The standard InChI is InChI=1S/C16H21BrN2O3/c1-10-2-3-19(12(6-10)9-18)16(20)11-7-13(17)15-14(8-11)21-4-5-22-15/h7-8,10,12H,2-6,9,18H2,1H3. The highest BCUT2D eigenvalue weighted by molar-refractivity contribution is 9.10. The molecular formula is C16H21BrN2O3. The molecule has 1 saturated heterocycles. The number of halogens is 1. The number of fused-ring (bicyclic) bond motifs is 1. The maximum atomic E-state index is 12.9. The van der Waals surface area contributed by atoms with Crippen LogP contribution in [0.3, 0.4) is 0 Å². The van der Waals surface area contributed by atoms with E-state index in [1.807, 2.05) is 11.0 Å². The molecule has 0 saturated carbocycles. The lowest BCUT2D eigenvalue weighted by Crippen LogP contribution is -2.49. The van der Waals surface area contributed by atoms with E-state index >= 15 is 0 Å². The number of piperidine rings is 1. The molecule has 6 heteroatoms. The first-order valence-electron chi connectivity index (χ1n) is 7.70. The Morgan fingerprint density at radius 1 is 1.41 bits per heavy atom. The molecule has 2 N–H and O–H groups in total. The fourth-order valence-electron chi connectivity index (χ4n) is 3.14. The molecule has 1 fully saturated rings. The zero-order valence-electron chi connectivity index (χ0n) is 12.7. The van der Waals surface area contributed by atoms with E-state index in [1.54, 1.807) is 6.07 Å². The van der Waals surface area contributed by atoms with Crippen LogP contribution in [0, 0.1) is 5.92 Å². The van der Waals surface area contributed by atoms with Gasteiger partial charge in [0.25, 0.3) is 5.91 Å². The van der Waals surface area contributed by atoms with Crippen LogP contribution in [0.25, 0.3) is 0 Å². The number of likely N-dealkylation sites (tertiary alicyclic amines) is 1. The minimum atomic E-state index is 0.0139. The van der Waals surface area contributed by atoms with Gasteiger partial charge in [-0.05, 0) is 46.8 Å². The minimum Gasteiger partial charge on any atom is -0.486 e. The molecule has 0 spiro atoms. The number of carbonyl (C=O) groups is 1. The van der Waals surface area contributed by atoms with Gasteiger partial charge in [-0.2, -0.15) is 0 Å². The predicted octanol–water partition coefficient (Wildman–Crippen LogP) is 2.42. The SMILES string of the molecule is CC1CCN(C(=O)c2cc(Br)c3c(c2)OCCO3)C(CN)C1. The molecule has 0 aliphatic carbocycles. The van der Waals surface area contributed by atoms with Crippen molar-refractivity contribution in [3.63, 3.8) is 0 Å². The number of benzene rings is 1. The Morgan fingerprint density at radius 3 is 2.95 bits per heavy atom. The summed E-state index contributed by atoms with van der Waals surface area (Å²) in [6, 6.07) is 3.69. The fourth-order valence-corrected chi connectivity index (χ4v) is 3.70. The third kappa shape index (κ3) is 2.94. The zero-order valence-corrected chi connectivity index (χ0v) is 14.3. The second-order valence-electron chi connectivity index (χ2n) is 6.00. The molecule has 1 aromatic carbocycles. The minimum absolute atomic E-state index is 0.0139. The number of nitrogens with zero attached hydrogens (tertiary/aromatic N) is 1. The Kier molecular flexibility index (Phi) is 4.59. The van der Waals surface area contributed by atoms with E-state index in [0.29, 0.717) is 42.7 Å². The lowest BCUT2D eigenvalue weighted by atomic mass is 9.92. The Labute approximate surface area is 138 Å². The van der Waals surface area contributed by atoms with Gasteiger partial charge >= 0.3 is 0 Å². The summed E-state index contributed by atoms with van der Waals surface area (Å²) >= 11 is 3.47. The van der Waals surface area contributed by atoms with E-state index < -0.39 is 0 Å². The van der Waals surface area contributed by atoms with Crippen molar-refractivity contribution in [3.05, 3.63) is 22.2 Å². The van der Waals surface area contributed by atoms with E-state index in [1.165, 1.54) is 0 Å². The first-order chi connectivity index (χ1) is 10.6. The van der Waals surface area contributed by atoms with Gasteiger partial charge < -0.3 is 20.1 Å². The first-order valence-corrected chi connectivity index (χ1v) is 8.49. The van der Waals surface area contributed by atoms with Crippen molar-refractivity contribution < 1.29 is 14.3 Å². The quantitative estimate of drug-likeness (QED) is 0.870. The smallest absolute Gasteiger partial charge is 0.254 e. The third-order valence-corrected chi connectivity index (χ3v) is 4.94. The number of ether oxygens (including phenoxy) is 2. The molecule has 2 aliphatic heterocycles. The fraction of sp³-hybridized carbons (Fsp3) is 0.562. The van der Waals surface area contributed by atoms with Gasteiger partial charge in [0, 0.05) is 24.7 Å². The molecule has 0 radical (unpaired) electrons. The Morgan fingerprint density at radius 2 is 2.18 bits per heavy atom. The summed E-state index contributed by atoms with van der Waals surface area (Å²) in [4.78, 5) is 14.8. The van der Waals surface area contributed by atoms with Crippen LogP contribution >= 0.6 is 15.9 Å². The molecule has 22 heavy (non-hydrogen) atoms. The summed E-state index contributed by atoms with van der Waals surface area (Å²) in [6.45, 7) is 4.50. The van der Waals surface area contributed by atoms with Gasteiger partial charge in [0.2, 0.25) is 0 Å². The molecule has 5 nitrogen and oxygen atoms in total. The Hall–Kier alpha value is -1.27. The van der Waals surface area contributed by atoms with Crippen molar-refractivity contribution >= 4 is 21.8 Å². The molecule has 2 aliphatic rings. The van der Waals surface area contributed by atoms with Crippen LogP contribution in [-0.2, 0) is 0 Å². The van der Waals surface area contributed by atoms with Crippen molar-refractivity contribution in [2.45, 2.75) is 25.8 Å². The van der Waals surface area contributed by atoms with Crippen LogP contribution in [0.4, 0.5) is 0 Å². The van der Waals surface area contributed by atoms with Gasteiger partial charge in [-0.3, -0.25) is 4.79 Å². The molecular weight excluding hydrogens is 348 g/mol. The molecule has 0 aromatic heterocycles. The van der Waals surface area contributed by atoms with E-state index in [9.17, 15) is 4.79 Å². The van der Waals surface area contributed by atoms with Gasteiger partial charge in [-0.15, -0.1) is 0 Å². The molecule has 2 atom stereocenters. The summed E-state index contributed by atoms with van der Waals surface area (Å²) in [5, 5.41) is 0. The van der Waals surface area contributed by atoms with Gasteiger partial charge in [0.05, 0.1) is 4.47 Å². The highest BCUT2D eigenvalue weighted by Crippen LogP contribution is 2.39. The van der Waals surface area contributed by atoms with E-state index in [4.69, 9.17) is 15.2 Å². The van der Waals surface area contributed by atoms with Crippen molar-refractivity contribution in [1.29, 1.82) is 0 Å². The van der Waals surface area contributed by atoms with E-state index in [2.05, 4.69) is 22.9 Å². The summed E-state index contributed by atoms with van der Waals surface area (Å²) in [5.41, 5.74) is 6.48. The molecule has 120 valence electrons. The van der Waals surface area contributed by atoms with Crippen molar-refractivity contribution in [3.8, 4) is 11.5 Å². The Bertz CT molecular complexity index is 579. The maximum absolute atomic E-state index is 12.9. The van der Waals surface area contributed by atoms with Gasteiger partial charge in [0.1, 0.15) is 13.2 Å². The monoisotopic (exact) mass is 368 g/mol. The average molecular weight is 369 g/mol. The van der Waals surface area contributed by atoms with Crippen molar-refractivity contribution in [1.82, 2.24) is 4.90 Å². The molecule has 3 rings (SSSR count). The van der Waals surface area contributed by atoms with Gasteiger partial charge in [-0.1, -0.05) is 6.92 Å². The highest BCUT2D eigenvalue weighted by atomic mass is 79.9. The van der Waals surface area contributed by atoms with Crippen molar-refractivity contribution in [2.24, 2.45) is 11.7 Å². The van der Waals surface area contributed by atoms with E-state index in [0.717, 1.165) is 23.9 Å². The third-order valence-electron chi connectivity index (χ3n) is 4.35. The second-order valence-corrected chi connectivity index (χ2v) is 6.85. The number of carbonyl (C=O) groups excluding carboxylic acids is 1. The summed E-state index contributed by atoms with van der Waals surface area (Å²) in [6.07, 6.45) is 1.99. The van der Waals surface area contributed by atoms with Crippen LogP contribution in [0.2, 0.25) is 0 Å². The molecule has 1 aromatic rings. The van der Waals surface area contributed by atoms with Crippen LogP contribution in [-0.4, -0.2) is 43.2 Å². The normalized spacial score (nSPS) is 24.2. The molecule has 1 amide bonds. The topological polar surface area (TPSA) is 64.8 Å². The predicted molar refractivity (Wildman–Crippen MR) is 87.4 cm³/mol. The molecule has 2 heterocycles. The van der Waals surface area contributed by atoms with Gasteiger partial charge in [0.15, 0.2) is 11.5 Å². The highest BCUT2D eigenvalue weighted by Gasteiger charge is 2.30. The van der Waals surface area contributed by atoms with Crippen molar-refractivity contribution in [2.75, 3.05) is 26.3 Å². The summed E-state index contributed by atoms with van der Waals surface area (Å²) < 4.78 is 11.9. The number of nitrogens with two attached hydrogens (primary N) is 1. The van der Waals surface area contributed by atoms with Crippen LogP contribution < -0.4 is 15.2 Å². The van der Waals surface area contributed by atoms with Crippen LogP contribution in [0.5, 0.6) is 11.5 Å². The zero-order chi connectivity index (χ0) is 15.7. The summed E-state index contributed by atoms with van der Waals surface area (Å²) in [7, 11) is 0. The number of hydrogen-bond acceptors (Lipinski definition) is 4. The summed E-state index contributed by atoms with van der Waals surface area (Å²) in [5.74, 6) is 1.92. The lowest BCUT2D eigenvalue weighted by Gasteiger charge is -2.38. The number of rotatable bonds is 2. The Balaban J connectivity index is 1.87. The largest absolute Gasteiger partial charge is 0.486 e. The van der Waals surface area contributed by atoms with Crippen LogP contribution in [0.1, 0.15) is 30.1 Å². The number of amides is 1. The average Bonchev–Trinajstić information content (AvgIpc) is 2.54. The second kappa shape index (κ2) is 6.46. The first kappa shape index (κ1) is 15.6. The van der Waals surface area contributed by atoms with Crippen LogP contribution in [0.15, 0.2) is 16.6 Å². The number of hydrogen-bond donors (Lipinski definition) is 1.